The predicted molar refractivity (Wildman–Crippen MR) is 254 cm³/mol. The minimum absolute atomic E-state index is 0.530. The Kier molecular flexibility index (Phi) is 7.89. The number of para-hydroxylation sites is 2. The number of rotatable bonds is 6. The summed E-state index contributed by atoms with van der Waals surface area (Å²) in [4.78, 5) is 2.56. The third kappa shape index (κ3) is 5.22. The van der Waals surface area contributed by atoms with E-state index in [9.17, 15) is 0 Å². The molecule has 3 heteroatoms. The molecular weight excluding hydrogens is 723 g/mol. The number of hydrogen-bond acceptors (Lipinski definition) is 2. The van der Waals surface area contributed by atoms with Crippen LogP contribution in [0.4, 0.5) is 28.4 Å². The summed E-state index contributed by atoms with van der Waals surface area (Å²) in [5, 5.41) is 8.74. The normalized spacial score (nSPS) is 13.2. The molecular formula is C57H38BN2. The van der Waals surface area contributed by atoms with Gasteiger partial charge in [0.15, 0.2) is 7.28 Å². The third-order valence-electron chi connectivity index (χ3n) is 12.7. The molecule has 0 spiro atoms. The second kappa shape index (κ2) is 13.8. The lowest BCUT2D eigenvalue weighted by atomic mass is 9.54. The number of hydrogen-bond donors (Lipinski definition) is 1. The Morgan fingerprint density at radius 2 is 1.02 bits per heavy atom. The molecule has 0 atom stereocenters. The zero-order valence-electron chi connectivity index (χ0n) is 32.9. The molecule has 0 saturated carbocycles. The Hall–Kier alpha value is -7.62. The van der Waals surface area contributed by atoms with Crippen molar-refractivity contribution in [3.8, 4) is 22.3 Å². The molecule has 0 bridgehead atoms. The molecule has 0 saturated heterocycles. The highest BCUT2D eigenvalue weighted by atomic mass is 15.2. The fourth-order valence-electron chi connectivity index (χ4n) is 10.1. The molecule has 2 aliphatic rings. The molecule has 0 amide bonds. The van der Waals surface area contributed by atoms with Gasteiger partial charge in [0, 0.05) is 28.3 Å². The molecule has 1 N–H and O–H groups in total. The Morgan fingerprint density at radius 1 is 0.433 bits per heavy atom. The van der Waals surface area contributed by atoms with Gasteiger partial charge in [-0.3, -0.25) is 0 Å². The monoisotopic (exact) mass is 761 g/mol. The molecule has 0 aliphatic carbocycles. The van der Waals surface area contributed by atoms with Gasteiger partial charge in [-0.15, -0.1) is 0 Å². The first-order valence-electron chi connectivity index (χ1n) is 20.8. The molecule has 0 unspecified atom stereocenters. The minimum Gasteiger partial charge on any atom is -0.355 e. The van der Waals surface area contributed by atoms with Crippen LogP contribution in [0.1, 0.15) is 22.3 Å². The Labute approximate surface area is 351 Å². The average Bonchev–Trinajstić information content (AvgIpc) is 3.32. The molecule has 2 aliphatic heterocycles. The fraction of sp³-hybridized carbons (Fsp3) is 0.0175. The Morgan fingerprint density at radius 3 is 1.75 bits per heavy atom. The van der Waals surface area contributed by atoms with Crippen molar-refractivity contribution in [2.24, 2.45) is 0 Å². The molecule has 10 aromatic rings. The summed E-state index contributed by atoms with van der Waals surface area (Å²) >= 11 is 0. The molecule has 0 aromatic heterocycles. The number of fused-ring (bicyclic) bond motifs is 6. The molecule has 12 rings (SSSR count). The zero-order valence-corrected chi connectivity index (χ0v) is 32.9. The number of nitrogens with zero attached hydrogens (tertiary/aromatic N) is 1. The lowest BCUT2D eigenvalue weighted by Gasteiger charge is -2.49. The SMILES string of the molecule is [B]1c2cccc3c2N(c2ccccc2C3(c2ccccc2)c2ccccc2)c2cc3ccccc3c(-c3cc4ccccc4cc3Nc3ccc(-c4ccccc4)cc3)c21. The van der Waals surface area contributed by atoms with E-state index in [1.165, 1.54) is 88.5 Å². The van der Waals surface area contributed by atoms with Crippen molar-refractivity contribution in [1.29, 1.82) is 0 Å². The summed E-state index contributed by atoms with van der Waals surface area (Å²) in [5.41, 5.74) is 17.4. The lowest BCUT2D eigenvalue weighted by Crippen LogP contribution is -2.47. The molecule has 1 radical (unpaired) electrons. The molecule has 10 aromatic carbocycles. The topological polar surface area (TPSA) is 15.3 Å². The van der Waals surface area contributed by atoms with Gasteiger partial charge < -0.3 is 10.2 Å². The van der Waals surface area contributed by atoms with E-state index in [2.05, 4.69) is 242 Å². The van der Waals surface area contributed by atoms with E-state index in [1.54, 1.807) is 0 Å². The van der Waals surface area contributed by atoms with Gasteiger partial charge in [-0.05, 0) is 102 Å². The van der Waals surface area contributed by atoms with Gasteiger partial charge in [-0.25, -0.2) is 0 Å². The van der Waals surface area contributed by atoms with Crippen molar-refractivity contribution in [3.05, 3.63) is 247 Å². The van der Waals surface area contributed by atoms with Crippen LogP contribution in [-0.4, -0.2) is 7.28 Å². The van der Waals surface area contributed by atoms with Crippen molar-refractivity contribution in [2.75, 3.05) is 10.2 Å². The van der Waals surface area contributed by atoms with Crippen LogP contribution in [0.25, 0.3) is 43.8 Å². The summed E-state index contributed by atoms with van der Waals surface area (Å²) < 4.78 is 0. The first-order valence-corrected chi connectivity index (χ1v) is 20.8. The van der Waals surface area contributed by atoms with Gasteiger partial charge in [0.2, 0.25) is 0 Å². The summed E-state index contributed by atoms with van der Waals surface area (Å²) in [7, 11) is 2.45. The highest BCUT2D eigenvalue weighted by molar-refractivity contribution is 6.74. The molecule has 2 heterocycles. The maximum absolute atomic E-state index is 3.91. The maximum atomic E-state index is 3.91. The largest absolute Gasteiger partial charge is 0.355 e. The second-order valence-corrected chi connectivity index (χ2v) is 15.9. The number of anilines is 5. The second-order valence-electron chi connectivity index (χ2n) is 15.9. The predicted octanol–water partition coefficient (Wildman–Crippen LogP) is 13.2. The fourth-order valence-corrected chi connectivity index (χ4v) is 10.1. The first-order chi connectivity index (χ1) is 29.8. The van der Waals surface area contributed by atoms with Gasteiger partial charge in [-0.1, -0.05) is 194 Å². The maximum Gasteiger partial charge on any atom is 0.197 e. The van der Waals surface area contributed by atoms with E-state index < -0.39 is 5.41 Å². The van der Waals surface area contributed by atoms with E-state index in [-0.39, 0.29) is 0 Å². The molecule has 279 valence electrons. The van der Waals surface area contributed by atoms with Crippen LogP contribution in [0.5, 0.6) is 0 Å². The standard InChI is InChI=1S/C57H38BN2/c1-4-17-38(18-5-1)39-31-33-45(34-32-39)59-51-36-41-20-11-10-19-40(41)35-47(51)54-46-26-13-12-21-42(46)37-53-55(54)58-50-29-16-28-49-56(50)60(53)52-30-15-14-27-48(52)57(49,43-22-6-2-7-23-43)44-24-8-3-9-25-44/h1-37,59H. The molecule has 0 fully saturated rings. The summed E-state index contributed by atoms with van der Waals surface area (Å²) in [6.07, 6.45) is 0. The van der Waals surface area contributed by atoms with E-state index in [4.69, 9.17) is 0 Å². The van der Waals surface area contributed by atoms with Crippen molar-refractivity contribution >= 4 is 68.2 Å². The van der Waals surface area contributed by atoms with Crippen molar-refractivity contribution in [1.82, 2.24) is 0 Å². The summed E-state index contributed by atoms with van der Waals surface area (Å²) in [6.45, 7) is 0. The van der Waals surface area contributed by atoms with E-state index in [0.717, 1.165) is 16.9 Å². The Balaban J connectivity index is 1.11. The highest BCUT2D eigenvalue weighted by Gasteiger charge is 2.48. The zero-order chi connectivity index (χ0) is 39.6. The Bertz CT molecular complexity index is 3210. The van der Waals surface area contributed by atoms with E-state index >= 15 is 0 Å². The van der Waals surface area contributed by atoms with Gasteiger partial charge in [-0.2, -0.15) is 0 Å². The third-order valence-corrected chi connectivity index (χ3v) is 12.7. The van der Waals surface area contributed by atoms with Crippen molar-refractivity contribution < 1.29 is 0 Å². The molecule has 60 heavy (non-hydrogen) atoms. The van der Waals surface area contributed by atoms with Crippen LogP contribution in [-0.2, 0) is 5.41 Å². The van der Waals surface area contributed by atoms with Gasteiger partial charge in [0.25, 0.3) is 0 Å². The minimum atomic E-state index is -0.530. The number of benzene rings is 10. The molecule has 2 nitrogen and oxygen atoms in total. The van der Waals surface area contributed by atoms with Crippen LogP contribution in [0.3, 0.4) is 0 Å². The van der Waals surface area contributed by atoms with Crippen LogP contribution < -0.4 is 21.1 Å². The first kappa shape index (κ1) is 34.4. The smallest absolute Gasteiger partial charge is 0.197 e. The van der Waals surface area contributed by atoms with Crippen molar-refractivity contribution in [3.63, 3.8) is 0 Å². The number of nitrogens with one attached hydrogen (secondary N) is 1. The van der Waals surface area contributed by atoms with Crippen LogP contribution in [0.15, 0.2) is 224 Å². The quantitative estimate of drug-likeness (QED) is 0.170. The average molecular weight is 762 g/mol. The lowest BCUT2D eigenvalue weighted by molar-refractivity contribution is 0.732. The van der Waals surface area contributed by atoms with Gasteiger partial charge >= 0.3 is 0 Å². The van der Waals surface area contributed by atoms with Crippen molar-refractivity contribution in [2.45, 2.75) is 5.41 Å². The van der Waals surface area contributed by atoms with E-state index in [1.807, 2.05) is 0 Å². The van der Waals surface area contributed by atoms with Crippen LogP contribution >= 0.6 is 0 Å². The van der Waals surface area contributed by atoms with Gasteiger partial charge in [0.1, 0.15) is 0 Å². The highest BCUT2D eigenvalue weighted by Crippen LogP contribution is 2.58. The summed E-state index contributed by atoms with van der Waals surface area (Å²) in [6, 6.07) is 82.2. The van der Waals surface area contributed by atoms with E-state index in [0.29, 0.717) is 0 Å². The van der Waals surface area contributed by atoms with Crippen LogP contribution in [0.2, 0.25) is 0 Å². The van der Waals surface area contributed by atoms with Crippen LogP contribution in [0, 0.1) is 0 Å². The summed E-state index contributed by atoms with van der Waals surface area (Å²) in [5.74, 6) is 0. The van der Waals surface area contributed by atoms with Gasteiger partial charge in [0.05, 0.1) is 11.1 Å².